The van der Waals surface area contributed by atoms with Crippen LogP contribution in [0.25, 0.3) is 11.1 Å². The lowest BCUT2D eigenvalue weighted by Crippen LogP contribution is -2.49. The second kappa shape index (κ2) is 5.41. The van der Waals surface area contributed by atoms with Gasteiger partial charge in [0.2, 0.25) is 0 Å². The van der Waals surface area contributed by atoms with E-state index in [9.17, 15) is 5.11 Å². The van der Waals surface area contributed by atoms with E-state index in [1.165, 1.54) is 5.56 Å². The number of hydrogen-bond acceptors (Lipinski definition) is 3. The molecule has 4 rings (SSSR count). The van der Waals surface area contributed by atoms with E-state index >= 15 is 0 Å². The van der Waals surface area contributed by atoms with E-state index < -0.39 is 6.10 Å². The number of aliphatic hydroxyl groups excluding tert-OH is 1. The molecule has 2 aromatic rings. The van der Waals surface area contributed by atoms with Crippen molar-refractivity contribution in [2.75, 3.05) is 13.1 Å². The molecule has 2 aliphatic heterocycles. The molecular formula is C19H21NO2. The highest BCUT2D eigenvalue weighted by Crippen LogP contribution is 2.44. The third kappa shape index (κ3) is 2.40. The van der Waals surface area contributed by atoms with Crippen LogP contribution in [0.4, 0.5) is 0 Å². The molecule has 2 aromatic carbocycles. The third-order valence-corrected chi connectivity index (χ3v) is 4.88. The van der Waals surface area contributed by atoms with Gasteiger partial charge in [-0.3, -0.25) is 0 Å². The molecule has 0 saturated carbocycles. The molecule has 1 atom stereocenters. The molecule has 1 fully saturated rings. The van der Waals surface area contributed by atoms with Crippen LogP contribution in [-0.4, -0.2) is 23.8 Å². The third-order valence-electron chi connectivity index (χ3n) is 4.88. The largest absolute Gasteiger partial charge is 0.487 e. The molecule has 1 spiro atoms. The fourth-order valence-corrected chi connectivity index (χ4v) is 3.64. The van der Waals surface area contributed by atoms with Gasteiger partial charge in [0.25, 0.3) is 0 Å². The first-order valence-corrected chi connectivity index (χ1v) is 8.03. The quantitative estimate of drug-likeness (QED) is 0.848. The van der Waals surface area contributed by atoms with E-state index in [1.807, 2.05) is 24.3 Å². The van der Waals surface area contributed by atoms with Gasteiger partial charge in [-0.05, 0) is 49.2 Å². The van der Waals surface area contributed by atoms with Crippen LogP contribution in [0, 0.1) is 0 Å². The molecule has 114 valence electrons. The van der Waals surface area contributed by atoms with Gasteiger partial charge in [0, 0.05) is 12.0 Å². The zero-order valence-corrected chi connectivity index (χ0v) is 12.6. The number of benzene rings is 2. The fraction of sp³-hybridized carbons (Fsp3) is 0.368. The number of ether oxygens (including phenoxy) is 1. The van der Waals surface area contributed by atoms with Crippen molar-refractivity contribution in [2.45, 2.75) is 31.0 Å². The maximum Gasteiger partial charge on any atom is 0.125 e. The minimum Gasteiger partial charge on any atom is -0.487 e. The van der Waals surface area contributed by atoms with Crippen molar-refractivity contribution in [2.24, 2.45) is 0 Å². The van der Waals surface area contributed by atoms with Crippen LogP contribution in [-0.2, 0) is 0 Å². The smallest absolute Gasteiger partial charge is 0.125 e. The van der Waals surface area contributed by atoms with Crippen LogP contribution in [0.15, 0.2) is 48.5 Å². The highest BCUT2D eigenvalue weighted by atomic mass is 16.5. The van der Waals surface area contributed by atoms with Gasteiger partial charge >= 0.3 is 0 Å². The van der Waals surface area contributed by atoms with Gasteiger partial charge in [-0.25, -0.2) is 0 Å². The van der Waals surface area contributed by atoms with Crippen molar-refractivity contribution in [1.29, 1.82) is 0 Å². The number of nitrogens with one attached hydrogen (secondary N) is 1. The molecule has 1 saturated heterocycles. The van der Waals surface area contributed by atoms with Crippen LogP contribution in [0.5, 0.6) is 5.75 Å². The van der Waals surface area contributed by atoms with E-state index in [4.69, 9.17) is 4.74 Å². The summed E-state index contributed by atoms with van der Waals surface area (Å²) in [6, 6.07) is 16.4. The van der Waals surface area contributed by atoms with Crippen LogP contribution >= 0.6 is 0 Å². The topological polar surface area (TPSA) is 41.5 Å². The number of fused-ring (bicyclic) bond motifs is 1. The number of hydrogen-bond donors (Lipinski definition) is 2. The van der Waals surface area contributed by atoms with E-state index in [0.29, 0.717) is 6.42 Å². The Balaban J connectivity index is 1.69. The average molecular weight is 295 g/mol. The van der Waals surface area contributed by atoms with Crippen LogP contribution in [0.2, 0.25) is 0 Å². The lowest BCUT2D eigenvalue weighted by Gasteiger charge is -2.43. The van der Waals surface area contributed by atoms with Gasteiger partial charge in [-0.15, -0.1) is 0 Å². The van der Waals surface area contributed by atoms with E-state index in [-0.39, 0.29) is 5.60 Å². The Labute approximate surface area is 130 Å². The Morgan fingerprint density at radius 2 is 1.77 bits per heavy atom. The first kappa shape index (κ1) is 13.8. The van der Waals surface area contributed by atoms with Crippen molar-refractivity contribution >= 4 is 0 Å². The van der Waals surface area contributed by atoms with Gasteiger partial charge in [0.1, 0.15) is 11.4 Å². The van der Waals surface area contributed by atoms with Crippen LogP contribution < -0.4 is 10.1 Å². The molecule has 0 radical (unpaired) electrons. The predicted octanol–water partition coefficient (Wildman–Crippen LogP) is 3.29. The molecule has 0 aliphatic carbocycles. The second-order valence-electron chi connectivity index (χ2n) is 6.37. The summed E-state index contributed by atoms with van der Waals surface area (Å²) in [4.78, 5) is 0. The molecule has 3 heteroatoms. The first-order valence-electron chi connectivity index (χ1n) is 8.03. The Bertz CT molecular complexity index is 662. The van der Waals surface area contributed by atoms with Crippen molar-refractivity contribution in [3.63, 3.8) is 0 Å². The molecule has 3 nitrogen and oxygen atoms in total. The second-order valence-corrected chi connectivity index (χ2v) is 6.37. The van der Waals surface area contributed by atoms with Crippen molar-refractivity contribution in [3.05, 3.63) is 54.1 Å². The summed E-state index contributed by atoms with van der Waals surface area (Å²) in [5.74, 6) is 0.848. The zero-order chi connectivity index (χ0) is 15.0. The molecule has 1 unspecified atom stereocenters. The van der Waals surface area contributed by atoms with Crippen LogP contribution in [0.1, 0.15) is 30.9 Å². The Hall–Kier alpha value is -1.84. The molecule has 0 amide bonds. The van der Waals surface area contributed by atoms with Gasteiger partial charge < -0.3 is 15.2 Å². The SMILES string of the molecule is OC1CC2(CCNCC2)Oc2ccc(-c3ccccc3)cc21. The monoisotopic (exact) mass is 295 g/mol. The molecule has 0 bridgehead atoms. The predicted molar refractivity (Wildman–Crippen MR) is 86.9 cm³/mol. The molecule has 0 aromatic heterocycles. The molecular weight excluding hydrogens is 274 g/mol. The van der Waals surface area contributed by atoms with Crippen molar-refractivity contribution in [3.8, 4) is 16.9 Å². The fourth-order valence-electron chi connectivity index (χ4n) is 3.64. The van der Waals surface area contributed by atoms with E-state index in [2.05, 4.69) is 29.6 Å². The highest BCUT2D eigenvalue weighted by molar-refractivity contribution is 5.66. The van der Waals surface area contributed by atoms with Crippen molar-refractivity contribution < 1.29 is 9.84 Å². The summed E-state index contributed by atoms with van der Waals surface area (Å²) in [5.41, 5.74) is 3.03. The summed E-state index contributed by atoms with van der Waals surface area (Å²) in [6.07, 6.45) is 2.18. The highest BCUT2D eigenvalue weighted by Gasteiger charge is 2.41. The molecule has 2 aliphatic rings. The maximum atomic E-state index is 10.6. The van der Waals surface area contributed by atoms with Gasteiger partial charge in [0.05, 0.1) is 6.10 Å². The first-order chi connectivity index (χ1) is 10.8. The summed E-state index contributed by atoms with van der Waals surface area (Å²) in [5, 5.41) is 14.0. The lowest BCUT2D eigenvalue weighted by molar-refractivity contribution is -0.0336. The Morgan fingerprint density at radius 1 is 1.00 bits per heavy atom. The van der Waals surface area contributed by atoms with E-state index in [1.54, 1.807) is 0 Å². The minimum absolute atomic E-state index is 0.189. The number of rotatable bonds is 1. The number of aliphatic hydroxyl groups is 1. The Morgan fingerprint density at radius 3 is 2.55 bits per heavy atom. The lowest BCUT2D eigenvalue weighted by atomic mass is 9.82. The summed E-state index contributed by atoms with van der Waals surface area (Å²) in [7, 11) is 0. The van der Waals surface area contributed by atoms with Crippen molar-refractivity contribution in [1.82, 2.24) is 5.32 Å². The maximum absolute atomic E-state index is 10.6. The molecule has 22 heavy (non-hydrogen) atoms. The number of piperidine rings is 1. The standard InChI is InChI=1S/C19H21NO2/c21-17-13-19(8-10-20-11-9-19)22-18-7-6-15(12-16(17)18)14-4-2-1-3-5-14/h1-7,12,17,20-21H,8-11,13H2. The van der Waals surface area contributed by atoms with Gasteiger partial charge in [-0.1, -0.05) is 36.4 Å². The Kier molecular flexibility index (Phi) is 3.40. The zero-order valence-electron chi connectivity index (χ0n) is 12.6. The van der Waals surface area contributed by atoms with Gasteiger partial charge in [0.15, 0.2) is 0 Å². The summed E-state index contributed by atoms with van der Waals surface area (Å²) >= 11 is 0. The summed E-state index contributed by atoms with van der Waals surface area (Å²) in [6.45, 7) is 1.92. The molecule has 2 N–H and O–H groups in total. The summed E-state index contributed by atoms with van der Waals surface area (Å²) < 4.78 is 6.32. The normalized spacial score (nSPS) is 22.9. The minimum atomic E-state index is -0.439. The van der Waals surface area contributed by atoms with E-state index in [0.717, 1.165) is 42.8 Å². The van der Waals surface area contributed by atoms with Crippen LogP contribution in [0.3, 0.4) is 0 Å². The average Bonchev–Trinajstić information content (AvgIpc) is 2.56. The van der Waals surface area contributed by atoms with Gasteiger partial charge in [-0.2, -0.15) is 0 Å². The molecule has 2 heterocycles.